The van der Waals surface area contributed by atoms with Crippen molar-refractivity contribution in [2.45, 2.75) is 105 Å². The Kier molecular flexibility index (Phi) is 21.4. The minimum atomic E-state index is -2.23. The van der Waals surface area contributed by atoms with Gasteiger partial charge in [0.05, 0.1) is 26.7 Å². The molecule has 0 spiro atoms. The molecule has 0 amide bonds. The van der Waals surface area contributed by atoms with E-state index in [4.69, 9.17) is 16.9 Å². The number of quaternary nitrogens is 1. The van der Waals surface area contributed by atoms with E-state index in [1.54, 1.807) is 14.1 Å². The quantitative estimate of drug-likeness (QED) is 0.118. The van der Waals surface area contributed by atoms with Crippen LogP contribution in [0.4, 0.5) is 0 Å². The predicted molar refractivity (Wildman–Crippen MR) is 163 cm³/mol. The number of likely N-dealkylation sites (N-methyl/N-ethyl adjacent to an activating group) is 1. The summed E-state index contributed by atoms with van der Waals surface area (Å²) in [6.07, 6.45) is 1.22. The maximum absolute atomic E-state index is 10.3. The van der Waals surface area contributed by atoms with Crippen LogP contribution in [0.15, 0.2) is 0 Å². The summed E-state index contributed by atoms with van der Waals surface area (Å²) in [6, 6.07) is 0.979. The summed E-state index contributed by atoms with van der Waals surface area (Å²) in [6.45, 7) is 29.0. The van der Waals surface area contributed by atoms with E-state index in [2.05, 4.69) is 65.6 Å². The third kappa shape index (κ3) is 27.6. The molecule has 0 saturated carbocycles. The monoisotopic (exact) mass is 605 g/mol. The van der Waals surface area contributed by atoms with E-state index in [0.717, 1.165) is 19.1 Å². The Bertz CT molecular complexity index is 588. The van der Waals surface area contributed by atoms with E-state index < -0.39 is 45.8 Å². The van der Waals surface area contributed by atoms with Gasteiger partial charge in [-0.25, -0.2) is 0 Å². The molecular formula is C23H60NO7PSi4. The van der Waals surface area contributed by atoms with Gasteiger partial charge in [-0.3, -0.25) is 0 Å². The van der Waals surface area contributed by atoms with Gasteiger partial charge >= 0.3 is 17.1 Å². The first-order chi connectivity index (χ1) is 16.1. The SMILES string of the molecule is CC.CCC(O)C[N+](C)(C)CC(=O)[O-].CPOCCC[Si](C)(O[Si](C)(C)C)O[Si](C)(C)O[Si](C)(C)C. The van der Waals surface area contributed by atoms with Crippen molar-refractivity contribution < 1.29 is 36.4 Å². The number of nitrogens with zero attached hydrogens (tertiary/aromatic N) is 1. The zero-order valence-corrected chi connectivity index (χ0v) is 31.2. The minimum absolute atomic E-state index is 0.0585. The Hall–Kier alpha value is 0.528. The van der Waals surface area contributed by atoms with E-state index in [1.165, 1.54) is 0 Å². The standard InChI is InChI=1S/C13H37O4PSi4.C8H17NO3.C2H6/c1-18-14-12-11-13-22(10,16-20(5,6)7)17-21(8,9)15-19(2,3)4;1-4-7(10)5-9(2,3)6-8(11)12;1-2/h18H,11-13H2,1-10H3;7,10H,4-6H2,1-3H3;1-2H3. The highest BCUT2D eigenvalue weighted by atomic mass is 31.1. The molecule has 0 saturated heterocycles. The normalized spacial score (nSPS) is 15.4. The van der Waals surface area contributed by atoms with E-state index in [1.807, 2.05) is 20.8 Å². The van der Waals surface area contributed by atoms with Crippen molar-refractivity contribution in [3.05, 3.63) is 0 Å². The van der Waals surface area contributed by atoms with Crippen molar-refractivity contribution in [2.24, 2.45) is 0 Å². The first-order valence-electron chi connectivity index (χ1n) is 13.1. The molecule has 0 aliphatic heterocycles. The molecule has 0 fully saturated rings. The van der Waals surface area contributed by atoms with Gasteiger partial charge in [-0.1, -0.05) is 20.8 Å². The maximum Gasteiger partial charge on any atom is 0.315 e. The second-order valence-corrected chi connectivity index (χ2v) is 29.1. The van der Waals surface area contributed by atoms with Crippen molar-refractivity contribution in [1.29, 1.82) is 0 Å². The van der Waals surface area contributed by atoms with Gasteiger partial charge in [0.25, 0.3) is 0 Å². The molecule has 13 heteroatoms. The average Bonchev–Trinajstić information content (AvgIpc) is 2.61. The number of aliphatic hydroxyl groups excluding tert-OH is 1. The predicted octanol–water partition coefficient (Wildman–Crippen LogP) is 4.72. The van der Waals surface area contributed by atoms with Crippen LogP contribution in [-0.2, 0) is 21.7 Å². The molecule has 0 radical (unpaired) electrons. The highest BCUT2D eigenvalue weighted by Gasteiger charge is 2.44. The number of aliphatic hydroxyl groups is 1. The lowest BCUT2D eigenvalue weighted by Crippen LogP contribution is -2.56. The van der Waals surface area contributed by atoms with Crippen molar-refractivity contribution in [3.8, 4) is 0 Å². The summed E-state index contributed by atoms with van der Waals surface area (Å²) >= 11 is 0. The Morgan fingerprint density at radius 1 is 0.944 bits per heavy atom. The van der Waals surface area contributed by atoms with Crippen LogP contribution in [0.3, 0.4) is 0 Å². The van der Waals surface area contributed by atoms with E-state index >= 15 is 0 Å². The van der Waals surface area contributed by atoms with Gasteiger partial charge < -0.3 is 36.4 Å². The molecule has 0 bridgehead atoms. The van der Waals surface area contributed by atoms with Gasteiger partial charge in [0.1, 0.15) is 19.2 Å². The fourth-order valence-electron chi connectivity index (χ4n) is 3.73. The molecule has 0 aliphatic carbocycles. The topological polar surface area (TPSA) is 97.3 Å². The third-order valence-electron chi connectivity index (χ3n) is 4.29. The molecule has 3 unspecified atom stereocenters. The Balaban J connectivity index is -0.000000656. The number of carboxylic acids is 1. The van der Waals surface area contributed by atoms with Crippen molar-refractivity contribution in [3.63, 3.8) is 0 Å². The second-order valence-electron chi connectivity index (χ2n) is 11.9. The highest BCUT2D eigenvalue weighted by Crippen LogP contribution is 2.28. The number of hydrogen-bond acceptors (Lipinski definition) is 7. The van der Waals surface area contributed by atoms with Crippen LogP contribution < -0.4 is 5.11 Å². The summed E-state index contributed by atoms with van der Waals surface area (Å²) in [5.41, 5.74) is 0. The number of carboxylic acid groups (broad SMARTS) is 1. The van der Waals surface area contributed by atoms with Gasteiger partial charge in [-0.15, -0.1) is 0 Å². The minimum Gasteiger partial charge on any atom is -0.544 e. The summed E-state index contributed by atoms with van der Waals surface area (Å²) in [4.78, 5) is 10.3. The van der Waals surface area contributed by atoms with E-state index in [-0.39, 0.29) is 11.0 Å². The molecule has 36 heavy (non-hydrogen) atoms. The first kappa shape index (κ1) is 41.0. The van der Waals surface area contributed by atoms with Crippen LogP contribution >= 0.6 is 8.81 Å². The van der Waals surface area contributed by atoms with Crippen molar-refractivity contribution in [2.75, 3.05) is 40.5 Å². The molecule has 1 N–H and O–H groups in total. The van der Waals surface area contributed by atoms with E-state index in [0.29, 0.717) is 21.8 Å². The van der Waals surface area contributed by atoms with Gasteiger partial charge in [-0.2, -0.15) is 0 Å². The molecule has 3 atom stereocenters. The zero-order valence-electron chi connectivity index (χ0n) is 26.2. The molecule has 0 aromatic rings. The van der Waals surface area contributed by atoms with Crippen LogP contribution in [0.25, 0.3) is 0 Å². The number of hydrogen-bond donors (Lipinski definition) is 1. The molecular weight excluding hydrogens is 546 g/mol. The molecule has 0 rings (SSSR count). The maximum atomic E-state index is 10.3. The highest BCUT2D eigenvalue weighted by molar-refractivity contribution is 7.31. The Morgan fingerprint density at radius 3 is 1.78 bits per heavy atom. The number of rotatable bonds is 16. The summed E-state index contributed by atoms with van der Waals surface area (Å²) in [5.74, 6) is -1.08. The van der Waals surface area contributed by atoms with Gasteiger partial charge in [0, 0.05) is 8.81 Å². The van der Waals surface area contributed by atoms with Crippen molar-refractivity contribution in [1.82, 2.24) is 0 Å². The Labute approximate surface area is 229 Å². The number of aliphatic carboxylic acids is 1. The smallest absolute Gasteiger partial charge is 0.315 e. The fourth-order valence-corrected chi connectivity index (χ4v) is 22.0. The van der Waals surface area contributed by atoms with Gasteiger partial charge in [0.2, 0.25) is 0 Å². The summed E-state index contributed by atoms with van der Waals surface area (Å²) in [7, 11) is -3.56. The van der Waals surface area contributed by atoms with Crippen LogP contribution in [0.1, 0.15) is 33.6 Å². The van der Waals surface area contributed by atoms with Crippen LogP contribution in [-0.4, -0.2) is 95.9 Å². The fraction of sp³-hybridized carbons (Fsp3) is 0.957. The van der Waals surface area contributed by atoms with Gasteiger partial charge in [0.15, 0.2) is 16.6 Å². The van der Waals surface area contributed by atoms with Gasteiger partial charge in [-0.05, 0) is 84.5 Å². The molecule has 220 valence electrons. The zero-order chi connectivity index (χ0) is 29.4. The van der Waals surface area contributed by atoms with Crippen LogP contribution in [0, 0.1) is 0 Å². The first-order valence-corrected chi connectivity index (χ1v) is 26.7. The summed E-state index contributed by atoms with van der Waals surface area (Å²) in [5, 5.41) is 19.6. The van der Waals surface area contributed by atoms with E-state index in [9.17, 15) is 15.0 Å². The number of carbonyl (C=O) groups excluding carboxylic acids is 1. The lowest BCUT2D eigenvalue weighted by atomic mass is 10.2. The third-order valence-corrected chi connectivity index (χ3v) is 18.3. The number of carbonyl (C=O) groups is 1. The molecule has 0 aromatic carbocycles. The molecule has 0 heterocycles. The molecule has 0 aromatic heterocycles. The average molecular weight is 606 g/mol. The largest absolute Gasteiger partial charge is 0.544 e. The van der Waals surface area contributed by atoms with Crippen LogP contribution in [0.2, 0.25) is 65.0 Å². The lowest BCUT2D eigenvalue weighted by Gasteiger charge is -2.41. The molecule has 0 aliphatic rings. The lowest BCUT2D eigenvalue weighted by molar-refractivity contribution is -0.887. The van der Waals surface area contributed by atoms with Crippen molar-refractivity contribution >= 4 is 48.5 Å². The Morgan fingerprint density at radius 2 is 1.42 bits per heavy atom. The molecule has 8 nitrogen and oxygen atoms in total. The summed E-state index contributed by atoms with van der Waals surface area (Å²) < 4.78 is 25.3. The van der Waals surface area contributed by atoms with Crippen LogP contribution in [0.5, 0.6) is 0 Å². The second kappa shape index (κ2) is 18.8.